The van der Waals surface area contributed by atoms with Gasteiger partial charge in [-0.2, -0.15) is 0 Å². The Labute approximate surface area is 165 Å². The Bertz CT molecular complexity index is 1050. The summed E-state index contributed by atoms with van der Waals surface area (Å²) < 4.78 is 1.94. The number of rotatable bonds is 6. The van der Waals surface area contributed by atoms with E-state index in [1.807, 2.05) is 53.1 Å². The van der Waals surface area contributed by atoms with E-state index in [9.17, 15) is 4.79 Å². The molecule has 1 aromatic carbocycles. The lowest BCUT2D eigenvalue weighted by molar-refractivity contribution is -0.113. The molecule has 0 atom stereocenters. The molecule has 0 aliphatic heterocycles. The normalized spacial score (nSPS) is 10.6. The summed E-state index contributed by atoms with van der Waals surface area (Å²) in [5.41, 5.74) is 1.82. The van der Waals surface area contributed by atoms with Crippen molar-refractivity contribution in [2.45, 2.75) is 5.16 Å². The smallest absolute Gasteiger partial charge is 0.236 e. The molecular formula is C20H16N6OS. The fourth-order valence-electron chi connectivity index (χ4n) is 2.61. The van der Waals surface area contributed by atoms with Crippen molar-refractivity contribution >= 4 is 23.5 Å². The van der Waals surface area contributed by atoms with E-state index in [0.29, 0.717) is 16.8 Å². The van der Waals surface area contributed by atoms with Crippen LogP contribution < -0.4 is 5.32 Å². The van der Waals surface area contributed by atoms with E-state index >= 15 is 0 Å². The Morgan fingerprint density at radius 3 is 2.46 bits per heavy atom. The Morgan fingerprint density at radius 2 is 1.71 bits per heavy atom. The second-order valence-electron chi connectivity index (χ2n) is 5.76. The fraction of sp³-hybridized carbons (Fsp3) is 0.0500. The molecule has 0 aliphatic rings. The van der Waals surface area contributed by atoms with Crippen LogP contribution in [0.3, 0.4) is 0 Å². The molecule has 0 bridgehead atoms. The van der Waals surface area contributed by atoms with Crippen molar-refractivity contribution in [3.05, 3.63) is 79.3 Å². The van der Waals surface area contributed by atoms with E-state index in [1.165, 1.54) is 11.8 Å². The first-order chi connectivity index (χ1) is 13.8. The van der Waals surface area contributed by atoms with Gasteiger partial charge in [0.1, 0.15) is 5.82 Å². The average molecular weight is 388 g/mol. The molecule has 4 rings (SSSR count). The maximum absolute atomic E-state index is 12.3. The predicted molar refractivity (Wildman–Crippen MR) is 108 cm³/mol. The van der Waals surface area contributed by atoms with Gasteiger partial charge in [-0.25, -0.2) is 4.98 Å². The summed E-state index contributed by atoms with van der Waals surface area (Å²) >= 11 is 1.32. The number of thioether (sulfide) groups is 1. The van der Waals surface area contributed by atoms with Gasteiger partial charge in [-0.3, -0.25) is 14.3 Å². The summed E-state index contributed by atoms with van der Waals surface area (Å²) in [7, 11) is 0. The highest BCUT2D eigenvalue weighted by Gasteiger charge is 2.17. The molecule has 0 unspecified atom stereocenters. The van der Waals surface area contributed by atoms with Gasteiger partial charge in [-0.1, -0.05) is 36.0 Å². The van der Waals surface area contributed by atoms with Crippen LogP contribution in [0.15, 0.2) is 84.4 Å². The lowest BCUT2D eigenvalue weighted by atomic mass is 10.2. The minimum Gasteiger partial charge on any atom is -0.310 e. The fourth-order valence-corrected chi connectivity index (χ4v) is 3.36. The van der Waals surface area contributed by atoms with Gasteiger partial charge in [0.15, 0.2) is 11.0 Å². The zero-order valence-corrected chi connectivity index (χ0v) is 15.6. The van der Waals surface area contributed by atoms with E-state index in [2.05, 4.69) is 25.5 Å². The molecule has 3 aromatic heterocycles. The molecule has 0 fully saturated rings. The highest BCUT2D eigenvalue weighted by Crippen LogP contribution is 2.27. The molecule has 0 spiro atoms. The number of hydrogen-bond donors (Lipinski definition) is 1. The van der Waals surface area contributed by atoms with Crippen LogP contribution in [0, 0.1) is 0 Å². The van der Waals surface area contributed by atoms with Crippen LogP contribution in [-0.4, -0.2) is 36.4 Å². The zero-order valence-electron chi connectivity index (χ0n) is 14.8. The Morgan fingerprint density at radius 1 is 0.929 bits per heavy atom. The molecule has 0 saturated carbocycles. The van der Waals surface area contributed by atoms with Gasteiger partial charge in [0.05, 0.1) is 5.75 Å². The van der Waals surface area contributed by atoms with Gasteiger partial charge in [-0.15, -0.1) is 10.2 Å². The summed E-state index contributed by atoms with van der Waals surface area (Å²) in [5.74, 6) is 1.26. The minimum atomic E-state index is -0.156. The van der Waals surface area contributed by atoms with E-state index < -0.39 is 0 Å². The van der Waals surface area contributed by atoms with Gasteiger partial charge in [0.25, 0.3) is 0 Å². The Hall–Kier alpha value is -3.52. The molecule has 3 heterocycles. The number of hydrogen-bond acceptors (Lipinski definition) is 6. The number of amides is 1. The first kappa shape index (κ1) is 17.9. The van der Waals surface area contributed by atoms with Crippen molar-refractivity contribution in [3.8, 4) is 17.1 Å². The molecule has 8 heteroatoms. The molecule has 0 aliphatic carbocycles. The van der Waals surface area contributed by atoms with Crippen molar-refractivity contribution in [2.24, 2.45) is 0 Å². The highest BCUT2D eigenvalue weighted by molar-refractivity contribution is 7.99. The maximum atomic E-state index is 12.3. The van der Waals surface area contributed by atoms with Crippen LogP contribution >= 0.6 is 11.8 Å². The number of aromatic nitrogens is 5. The third-order valence-corrected chi connectivity index (χ3v) is 4.78. The van der Waals surface area contributed by atoms with Crippen molar-refractivity contribution in [1.29, 1.82) is 0 Å². The van der Waals surface area contributed by atoms with Crippen molar-refractivity contribution < 1.29 is 4.79 Å². The lowest BCUT2D eigenvalue weighted by Crippen LogP contribution is -2.15. The molecule has 28 heavy (non-hydrogen) atoms. The van der Waals surface area contributed by atoms with E-state index in [-0.39, 0.29) is 11.7 Å². The third kappa shape index (κ3) is 4.07. The number of carbonyl (C=O) groups is 1. The average Bonchev–Trinajstić information content (AvgIpc) is 3.18. The van der Waals surface area contributed by atoms with Gasteiger partial charge in [0, 0.05) is 29.8 Å². The molecular weight excluding hydrogens is 372 g/mol. The Balaban J connectivity index is 1.59. The highest BCUT2D eigenvalue weighted by atomic mass is 32.2. The second kappa shape index (κ2) is 8.45. The summed E-state index contributed by atoms with van der Waals surface area (Å²) in [6.07, 6.45) is 5.06. The molecule has 0 saturated heterocycles. The van der Waals surface area contributed by atoms with Crippen LogP contribution in [0.4, 0.5) is 5.82 Å². The lowest BCUT2D eigenvalue weighted by Gasteiger charge is -2.10. The first-order valence-electron chi connectivity index (χ1n) is 8.56. The van der Waals surface area contributed by atoms with Gasteiger partial charge in [-0.05, 0) is 36.4 Å². The van der Waals surface area contributed by atoms with E-state index in [1.54, 1.807) is 30.7 Å². The molecule has 4 aromatic rings. The maximum Gasteiger partial charge on any atom is 0.236 e. The number of nitrogens with zero attached hydrogens (tertiary/aromatic N) is 5. The summed E-state index contributed by atoms with van der Waals surface area (Å²) in [4.78, 5) is 20.4. The van der Waals surface area contributed by atoms with E-state index in [0.717, 1.165) is 11.3 Å². The number of benzene rings is 1. The number of para-hydroxylation sites is 1. The monoisotopic (exact) mass is 388 g/mol. The van der Waals surface area contributed by atoms with Crippen LogP contribution in [0.5, 0.6) is 0 Å². The standard InChI is InChI=1S/C20H16N6OS/c27-18(23-17-8-4-5-11-22-17)14-28-20-25-24-19(15-9-12-21-13-10-15)26(20)16-6-2-1-3-7-16/h1-13H,14H2,(H,22,23,27). The van der Waals surface area contributed by atoms with Gasteiger partial charge >= 0.3 is 0 Å². The molecule has 0 radical (unpaired) electrons. The van der Waals surface area contributed by atoms with Crippen LogP contribution in [0.1, 0.15) is 0 Å². The summed E-state index contributed by atoms with van der Waals surface area (Å²) in [5, 5.41) is 12.1. The third-order valence-electron chi connectivity index (χ3n) is 3.85. The number of nitrogens with one attached hydrogen (secondary N) is 1. The largest absolute Gasteiger partial charge is 0.310 e. The van der Waals surface area contributed by atoms with Crippen molar-refractivity contribution in [3.63, 3.8) is 0 Å². The van der Waals surface area contributed by atoms with Crippen LogP contribution in [0.25, 0.3) is 17.1 Å². The molecule has 7 nitrogen and oxygen atoms in total. The topological polar surface area (TPSA) is 85.6 Å². The number of anilines is 1. The SMILES string of the molecule is O=C(CSc1nnc(-c2ccncc2)n1-c1ccccc1)Nc1ccccn1. The van der Waals surface area contributed by atoms with Crippen LogP contribution in [0.2, 0.25) is 0 Å². The first-order valence-corrected chi connectivity index (χ1v) is 9.55. The predicted octanol–water partition coefficient (Wildman–Crippen LogP) is 3.46. The van der Waals surface area contributed by atoms with Gasteiger partial charge in [0.2, 0.25) is 5.91 Å². The second-order valence-corrected chi connectivity index (χ2v) is 6.71. The van der Waals surface area contributed by atoms with Gasteiger partial charge < -0.3 is 5.32 Å². The zero-order chi connectivity index (χ0) is 19.2. The molecule has 138 valence electrons. The molecule has 1 N–H and O–H groups in total. The summed E-state index contributed by atoms with van der Waals surface area (Å²) in [6, 6.07) is 18.9. The molecule has 1 amide bonds. The number of pyridine rings is 2. The Kier molecular flexibility index (Phi) is 5.39. The quantitative estimate of drug-likeness (QED) is 0.509. The van der Waals surface area contributed by atoms with Crippen molar-refractivity contribution in [2.75, 3.05) is 11.1 Å². The van der Waals surface area contributed by atoms with Crippen molar-refractivity contribution in [1.82, 2.24) is 24.7 Å². The number of carbonyl (C=O) groups excluding carboxylic acids is 1. The van der Waals surface area contributed by atoms with Crippen LogP contribution in [-0.2, 0) is 4.79 Å². The minimum absolute atomic E-state index is 0.156. The van der Waals surface area contributed by atoms with E-state index in [4.69, 9.17) is 0 Å². The summed E-state index contributed by atoms with van der Waals surface area (Å²) in [6.45, 7) is 0.